The number of amides is 2. The summed E-state index contributed by atoms with van der Waals surface area (Å²) in [7, 11) is 0. The van der Waals surface area contributed by atoms with Crippen molar-refractivity contribution in [3.8, 4) is 5.75 Å². The maximum absolute atomic E-state index is 11.8. The molecular formula is C18H18I2N2O3. The second kappa shape index (κ2) is 10.6. The molecule has 0 heterocycles. The molecule has 0 atom stereocenters. The molecular weight excluding hydrogens is 546 g/mol. The Labute approximate surface area is 174 Å². The fraction of sp³-hybridized carbons (Fsp3) is 0.222. The number of benzene rings is 2. The number of alkyl halides is 2. The lowest BCUT2D eigenvalue weighted by Gasteiger charge is -2.20. The standard InChI is InChI=1S/C18H18I2N2O3/c19-10-16(23)21-18(22-17(24)11-20)14-7-4-8-15(9-14)25-12-13-5-2-1-3-6-13/h1-9,18H,10-12H2,(H,21,23)(H,22,24). The van der Waals surface area contributed by atoms with Gasteiger partial charge in [0.2, 0.25) is 11.8 Å². The van der Waals surface area contributed by atoms with Crippen LogP contribution in [0.2, 0.25) is 0 Å². The monoisotopic (exact) mass is 564 g/mol. The Morgan fingerprint density at radius 2 is 1.56 bits per heavy atom. The Morgan fingerprint density at radius 3 is 2.16 bits per heavy atom. The fourth-order valence-electron chi connectivity index (χ4n) is 2.13. The summed E-state index contributed by atoms with van der Waals surface area (Å²) in [5.41, 5.74) is 1.84. The van der Waals surface area contributed by atoms with Gasteiger partial charge >= 0.3 is 0 Å². The van der Waals surface area contributed by atoms with Gasteiger partial charge in [0.05, 0.1) is 8.86 Å². The van der Waals surface area contributed by atoms with Gasteiger partial charge in [-0.05, 0) is 23.3 Å². The third-order valence-corrected chi connectivity index (χ3v) is 4.68. The minimum atomic E-state index is -0.579. The minimum absolute atomic E-state index is 0.144. The summed E-state index contributed by atoms with van der Waals surface area (Å²) >= 11 is 3.97. The molecule has 0 aliphatic heterocycles. The number of ether oxygens (including phenoxy) is 1. The molecule has 0 saturated carbocycles. The molecule has 2 rings (SSSR count). The first-order valence-electron chi connectivity index (χ1n) is 7.59. The van der Waals surface area contributed by atoms with Crippen molar-refractivity contribution in [2.45, 2.75) is 12.8 Å². The Balaban J connectivity index is 2.11. The molecule has 5 nitrogen and oxygen atoms in total. The van der Waals surface area contributed by atoms with Gasteiger partial charge < -0.3 is 15.4 Å². The first kappa shape index (κ1) is 20.0. The quantitative estimate of drug-likeness (QED) is 0.294. The van der Waals surface area contributed by atoms with Gasteiger partial charge in [-0.25, -0.2) is 0 Å². The van der Waals surface area contributed by atoms with Crippen LogP contribution in [0.3, 0.4) is 0 Å². The van der Waals surface area contributed by atoms with E-state index in [4.69, 9.17) is 4.74 Å². The topological polar surface area (TPSA) is 67.4 Å². The van der Waals surface area contributed by atoms with Gasteiger partial charge in [-0.15, -0.1) is 0 Å². The average Bonchev–Trinajstić information content (AvgIpc) is 2.66. The molecule has 7 heteroatoms. The van der Waals surface area contributed by atoms with E-state index in [1.165, 1.54) is 0 Å². The zero-order valence-electron chi connectivity index (χ0n) is 13.4. The number of halogens is 2. The molecule has 0 aliphatic rings. The minimum Gasteiger partial charge on any atom is -0.489 e. The molecule has 0 aromatic heterocycles. The van der Waals surface area contributed by atoms with Crippen LogP contribution in [0.15, 0.2) is 54.6 Å². The van der Waals surface area contributed by atoms with Crippen LogP contribution in [-0.2, 0) is 16.2 Å². The Hall–Kier alpha value is -1.36. The van der Waals surface area contributed by atoms with Gasteiger partial charge in [0.15, 0.2) is 0 Å². The molecule has 2 N–H and O–H groups in total. The maximum Gasteiger partial charge on any atom is 0.231 e. The number of carbonyl (C=O) groups is 2. The van der Waals surface area contributed by atoms with Crippen LogP contribution in [0.5, 0.6) is 5.75 Å². The summed E-state index contributed by atoms with van der Waals surface area (Å²) in [6.45, 7) is 0.454. The maximum atomic E-state index is 11.8. The summed E-state index contributed by atoms with van der Waals surface area (Å²) < 4.78 is 6.45. The highest BCUT2D eigenvalue weighted by Crippen LogP contribution is 2.19. The molecule has 132 valence electrons. The highest BCUT2D eigenvalue weighted by molar-refractivity contribution is 14.1. The Bertz CT molecular complexity index is 692. The molecule has 25 heavy (non-hydrogen) atoms. The number of carbonyl (C=O) groups excluding carboxylic acids is 2. The van der Waals surface area contributed by atoms with E-state index >= 15 is 0 Å². The molecule has 2 aromatic carbocycles. The molecule has 0 fully saturated rings. The smallest absolute Gasteiger partial charge is 0.231 e. The van der Waals surface area contributed by atoms with E-state index in [0.29, 0.717) is 21.2 Å². The SMILES string of the molecule is O=C(CI)NC(NC(=O)CI)c1cccc(OCc2ccccc2)c1. The van der Waals surface area contributed by atoms with E-state index in [9.17, 15) is 9.59 Å². The van der Waals surface area contributed by atoms with Gasteiger partial charge in [-0.1, -0.05) is 87.6 Å². The molecule has 0 bridgehead atoms. The van der Waals surface area contributed by atoms with Crippen molar-refractivity contribution in [1.82, 2.24) is 10.6 Å². The predicted octanol–water partition coefficient (Wildman–Crippen LogP) is 3.37. The van der Waals surface area contributed by atoms with Crippen molar-refractivity contribution < 1.29 is 14.3 Å². The van der Waals surface area contributed by atoms with E-state index in [-0.39, 0.29) is 11.8 Å². The second-order valence-corrected chi connectivity index (χ2v) is 6.71. The molecule has 0 spiro atoms. The largest absolute Gasteiger partial charge is 0.489 e. The van der Waals surface area contributed by atoms with Crippen LogP contribution in [0.1, 0.15) is 17.3 Å². The fourth-order valence-corrected chi connectivity index (χ4v) is 2.57. The molecule has 0 aliphatic carbocycles. The van der Waals surface area contributed by atoms with E-state index in [0.717, 1.165) is 11.1 Å². The van der Waals surface area contributed by atoms with Crippen LogP contribution in [0.25, 0.3) is 0 Å². The molecule has 2 aromatic rings. The lowest BCUT2D eigenvalue weighted by Crippen LogP contribution is -2.41. The highest BCUT2D eigenvalue weighted by atomic mass is 127. The van der Waals surface area contributed by atoms with Gasteiger partial charge in [-0.3, -0.25) is 9.59 Å². The molecule has 0 unspecified atom stereocenters. The molecule has 0 radical (unpaired) electrons. The number of hydrogen-bond donors (Lipinski definition) is 2. The molecule has 2 amide bonds. The van der Waals surface area contributed by atoms with Gasteiger partial charge in [-0.2, -0.15) is 0 Å². The molecule has 0 saturated heterocycles. The Kier molecular flexibility index (Phi) is 8.45. The van der Waals surface area contributed by atoms with Crippen molar-refractivity contribution in [2.75, 3.05) is 8.86 Å². The van der Waals surface area contributed by atoms with Crippen LogP contribution in [-0.4, -0.2) is 20.7 Å². The second-order valence-electron chi connectivity index (χ2n) is 5.18. The van der Waals surface area contributed by atoms with Crippen LogP contribution >= 0.6 is 45.2 Å². The summed E-state index contributed by atoms with van der Waals surface area (Å²) in [6, 6.07) is 17.2. The van der Waals surface area contributed by atoms with Crippen molar-refractivity contribution in [2.24, 2.45) is 0 Å². The van der Waals surface area contributed by atoms with Gasteiger partial charge in [0, 0.05) is 0 Å². The normalized spacial score (nSPS) is 10.4. The van der Waals surface area contributed by atoms with Crippen LogP contribution in [0, 0.1) is 0 Å². The number of hydrogen-bond acceptors (Lipinski definition) is 3. The van der Waals surface area contributed by atoms with E-state index in [1.807, 2.05) is 99.8 Å². The van der Waals surface area contributed by atoms with E-state index in [2.05, 4.69) is 10.6 Å². The average molecular weight is 564 g/mol. The van der Waals surface area contributed by atoms with Crippen LogP contribution < -0.4 is 15.4 Å². The highest BCUT2D eigenvalue weighted by Gasteiger charge is 2.16. The summed E-state index contributed by atoms with van der Waals surface area (Å²) in [6.07, 6.45) is -0.579. The summed E-state index contributed by atoms with van der Waals surface area (Å²) in [5, 5.41) is 5.62. The Morgan fingerprint density at radius 1 is 0.920 bits per heavy atom. The third kappa shape index (κ3) is 6.81. The summed E-state index contributed by atoms with van der Waals surface area (Å²) in [4.78, 5) is 23.5. The number of nitrogens with one attached hydrogen (secondary N) is 2. The van der Waals surface area contributed by atoms with Crippen molar-refractivity contribution in [3.05, 3.63) is 65.7 Å². The summed E-state index contributed by atoms with van der Waals surface area (Å²) in [5.74, 6) is 0.392. The van der Waals surface area contributed by atoms with E-state index < -0.39 is 6.17 Å². The van der Waals surface area contributed by atoms with Gasteiger partial charge in [0.1, 0.15) is 18.5 Å². The zero-order chi connectivity index (χ0) is 18.1. The van der Waals surface area contributed by atoms with Crippen LogP contribution in [0.4, 0.5) is 0 Å². The lowest BCUT2D eigenvalue weighted by atomic mass is 10.1. The zero-order valence-corrected chi connectivity index (χ0v) is 17.7. The third-order valence-electron chi connectivity index (χ3n) is 3.29. The first-order chi connectivity index (χ1) is 12.1. The van der Waals surface area contributed by atoms with Crippen molar-refractivity contribution in [1.29, 1.82) is 0 Å². The van der Waals surface area contributed by atoms with Crippen molar-refractivity contribution in [3.63, 3.8) is 0 Å². The van der Waals surface area contributed by atoms with Crippen molar-refractivity contribution >= 4 is 57.0 Å². The lowest BCUT2D eigenvalue weighted by molar-refractivity contribution is -0.121. The van der Waals surface area contributed by atoms with Gasteiger partial charge in [0.25, 0.3) is 0 Å². The van der Waals surface area contributed by atoms with E-state index in [1.54, 1.807) is 0 Å². The predicted molar refractivity (Wildman–Crippen MR) is 114 cm³/mol. The number of rotatable bonds is 8. The first-order valence-corrected chi connectivity index (χ1v) is 10.6.